The van der Waals surface area contributed by atoms with E-state index in [1.165, 1.54) is 44.9 Å². The van der Waals surface area contributed by atoms with Crippen LogP contribution in [0.1, 0.15) is 78.6 Å². The molecule has 0 aliphatic carbocycles. The topological polar surface area (TPSA) is 57.5 Å². The summed E-state index contributed by atoms with van der Waals surface area (Å²) in [5.41, 5.74) is 0. The molecule has 0 aromatic heterocycles. The van der Waals surface area contributed by atoms with Gasteiger partial charge in [-0.05, 0) is 12.8 Å². The number of hydrogen-bond donors (Lipinski definition) is 2. The molecule has 1 atom stereocenters. The number of aliphatic hydroxyl groups excluding tert-OH is 1. The highest BCUT2D eigenvalue weighted by Crippen LogP contribution is 2.10. The lowest BCUT2D eigenvalue weighted by Crippen LogP contribution is -2.05. The van der Waals surface area contributed by atoms with Crippen LogP contribution >= 0.6 is 0 Å². The van der Waals surface area contributed by atoms with Crippen LogP contribution in [-0.2, 0) is 4.79 Å². The predicted molar refractivity (Wildman–Crippen MR) is 72.2 cm³/mol. The molecule has 0 aliphatic heterocycles. The molecule has 17 heavy (non-hydrogen) atoms. The average Bonchev–Trinajstić information content (AvgIpc) is 2.25. The molecule has 0 bridgehead atoms. The summed E-state index contributed by atoms with van der Waals surface area (Å²) in [5, 5.41) is 17.0. The van der Waals surface area contributed by atoms with Gasteiger partial charge in [0.25, 0.3) is 5.97 Å². The van der Waals surface area contributed by atoms with Gasteiger partial charge in [0, 0.05) is 6.92 Å². The summed E-state index contributed by atoms with van der Waals surface area (Å²) < 4.78 is 0. The summed E-state index contributed by atoms with van der Waals surface area (Å²) in [6.07, 6.45) is 10.9. The fraction of sp³-hybridized carbons (Fsp3) is 0.929. The molecule has 0 amide bonds. The second-order valence-electron chi connectivity index (χ2n) is 4.52. The van der Waals surface area contributed by atoms with Crippen molar-refractivity contribution in [1.29, 1.82) is 0 Å². The van der Waals surface area contributed by atoms with Gasteiger partial charge in [0.15, 0.2) is 0 Å². The second kappa shape index (κ2) is 15.4. The van der Waals surface area contributed by atoms with Gasteiger partial charge >= 0.3 is 0 Å². The van der Waals surface area contributed by atoms with Gasteiger partial charge in [-0.15, -0.1) is 0 Å². The van der Waals surface area contributed by atoms with Gasteiger partial charge < -0.3 is 10.2 Å². The van der Waals surface area contributed by atoms with Gasteiger partial charge in [0.05, 0.1) is 6.10 Å². The average molecular weight is 246 g/mol. The lowest BCUT2D eigenvalue weighted by atomic mass is 10.0. The van der Waals surface area contributed by atoms with E-state index >= 15 is 0 Å². The maximum Gasteiger partial charge on any atom is 0.300 e. The highest BCUT2D eigenvalue weighted by atomic mass is 16.4. The quantitative estimate of drug-likeness (QED) is 0.605. The van der Waals surface area contributed by atoms with E-state index in [0.29, 0.717) is 0 Å². The van der Waals surface area contributed by atoms with Gasteiger partial charge in [0.2, 0.25) is 0 Å². The van der Waals surface area contributed by atoms with Gasteiger partial charge in [-0.3, -0.25) is 4.79 Å². The van der Waals surface area contributed by atoms with Crippen LogP contribution < -0.4 is 0 Å². The Labute approximate surface area is 106 Å². The molecule has 3 heteroatoms. The van der Waals surface area contributed by atoms with Gasteiger partial charge in [-0.25, -0.2) is 0 Å². The Hall–Kier alpha value is -0.570. The zero-order chi connectivity index (χ0) is 13.5. The molecule has 0 rings (SSSR count). The number of carboxylic acid groups (broad SMARTS) is 1. The third kappa shape index (κ3) is 25.6. The normalized spacial score (nSPS) is 11.5. The largest absolute Gasteiger partial charge is 0.481 e. The summed E-state index contributed by atoms with van der Waals surface area (Å²) in [4.78, 5) is 9.00. The van der Waals surface area contributed by atoms with Crippen LogP contribution in [0.25, 0.3) is 0 Å². The van der Waals surface area contributed by atoms with Gasteiger partial charge in [0.1, 0.15) is 0 Å². The van der Waals surface area contributed by atoms with E-state index in [-0.39, 0.29) is 6.10 Å². The van der Waals surface area contributed by atoms with Crippen molar-refractivity contribution in [2.75, 3.05) is 0 Å². The first-order chi connectivity index (χ1) is 8.04. The monoisotopic (exact) mass is 246 g/mol. The molecule has 0 fully saturated rings. The number of hydrogen-bond acceptors (Lipinski definition) is 2. The minimum absolute atomic E-state index is 0.0263. The molecular weight excluding hydrogens is 216 g/mol. The van der Waals surface area contributed by atoms with Gasteiger partial charge in [-0.2, -0.15) is 0 Å². The SMILES string of the molecule is CC(=O)O.CCCCCCCC(O)CCCC. The number of rotatable bonds is 9. The Morgan fingerprint density at radius 3 is 1.82 bits per heavy atom. The molecule has 104 valence electrons. The number of carbonyl (C=O) groups is 1. The minimum atomic E-state index is -0.833. The lowest BCUT2D eigenvalue weighted by Gasteiger charge is -2.08. The maximum absolute atomic E-state index is 9.54. The van der Waals surface area contributed by atoms with Crippen LogP contribution in [0.3, 0.4) is 0 Å². The Morgan fingerprint density at radius 2 is 1.35 bits per heavy atom. The number of aliphatic hydroxyl groups is 1. The van der Waals surface area contributed by atoms with Crippen molar-refractivity contribution in [2.45, 2.75) is 84.7 Å². The van der Waals surface area contributed by atoms with Crippen molar-refractivity contribution in [3.8, 4) is 0 Å². The zero-order valence-electron chi connectivity index (χ0n) is 11.7. The predicted octanol–water partition coefficient (Wildman–Crippen LogP) is 3.99. The first kappa shape index (κ1) is 18.8. The van der Waals surface area contributed by atoms with E-state index in [0.717, 1.165) is 19.8 Å². The fourth-order valence-corrected chi connectivity index (χ4v) is 1.57. The van der Waals surface area contributed by atoms with Crippen molar-refractivity contribution >= 4 is 5.97 Å². The second-order valence-corrected chi connectivity index (χ2v) is 4.52. The number of unbranched alkanes of at least 4 members (excludes halogenated alkanes) is 5. The van der Waals surface area contributed by atoms with E-state index in [4.69, 9.17) is 9.90 Å². The lowest BCUT2D eigenvalue weighted by molar-refractivity contribution is -0.134. The smallest absolute Gasteiger partial charge is 0.300 e. The molecular formula is C14H30O3. The van der Waals surface area contributed by atoms with Crippen LogP contribution in [0.2, 0.25) is 0 Å². The molecule has 1 unspecified atom stereocenters. The summed E-state index contributed by atoms with van der Waals surface area (Å²) in [6.45, 7) is 5.49. The summed E-state index contributed by atoms with van der Waals surface area (Å²) in [7, 11) is 0. The van der Waals surface area contributed by atoms with E-state index in [9.17, 15) is 5.11 Å². The van der Waals surface area contributed by atoms with Crippen LogP contribution in [0.4, 0.5) is 0 Å². The Morgan fingerprint density at radius 1 is 0.941 bits per heavy atom. The molecule has 2 N–H and O–H groups in total. The minimum Gasteiger partial charge on any atom is -0.481 e. The molecule has 0 saturated heterocycles. The highest BCUT2D eigenvalue weighted by Gasteiger charge is 2.01. The Balaban J connectivity index is 0. The van der Waals surface area contributed by atoms with Crippen LogP contribution in [0.15, 0.2) is 0 Å². The van der Waals surface area contributed by atoms with Crippen LogP contribution in [0, 0.1) is 0 Å². The standard InChI is InChI=1S/C12H26O.C2H4O2/c1-3-5-7-8-9-11-12(13)10-6-4-2;1-2(3)4/h12-13H,3-11H2,1-2H3;1H3,(H,3,4). The van der Waals surface area contributed by atoms with Crippen molar-refractivity contribution in [1.82, 2.24) is 0 Å². The van der Waals surface area contributed by atoms with E-state index in [1.54, 1.807) is 0 Å². The summed E-state index contributed by atoms with van der Waals surface area (Å²) in [5.74, 6) is -0.833. The fourth-order valence-electron chi connectivity index (χ4n) is 1.57. The molecule has 0 heterocycles. The number of aliphatic carboxylic acids is 1. The van der Waals surface area contributed by atoms with Crippen molar-refractivity contribution in [3.63, 3.8) is 0 Å². The molecule has 0 spiro atoms. The van der Waals surface area contributed by atoms with Crippen LogP contribution in [-0.4, -0.2) is 22.3 Å². The summed E-state index contributed by atoms with van der Waals surface area (Å²) >= 11 is 0. The van der Waals surface area contributed by atoms with E-state index in [1.807, 2.05) is 0 Å². The molecule has 0 radical (unpaired) electrons. The Bertz CT molecular complexity index is 154. The molecule has 0 aliphatic rings. The molecule has 0 aromatic rings. The third-order valence-corrected chi connectivity index (χ3v) is 2.53. The number of carboxylic acids is 1. The Kier molecular flexibility index (Phi) is 17.1. The zero-order valence-corrected chi connectivity index (χ0v) is 11.7. The van der Waals surface area contributed by atoms with E-state index < -0.39 is 5.97 Å². The van der Waals surface area contributed by atoms with Crippen molar-refractivity contribution in [2.24, 2.45) is 0 Å². The molecule has 0 aromatic carbocycles. The summed E-state index contributed by atoms with van der Waals surface area (Å²) in [6, 6.07) is 0. The van der Waals surface area contributed by atoms with Crippen molar-refractivity contribution < 1.29 is 15.0 Å². The van der Waals surface area contributed by atoms with Crippen LogP contribution in [0.5, 0.6) is 0 Å². The van der Waals surface area contributed by atoms with E-state index in [2.05, 4.69) is 13.8 Å². The van der Waals surface area contributed by atoms with Crippen molar-refractivity contribution in [3.05, 3.63) is 0 Å². The molecule has 3 nitrogen and oxygen atoms in total. The third-order valence-electron chi connectivity index (χ3n) is 2.53. The maximum atomic E-state index is 9.54. The van der Waals surface area contributed by atoms with Gasteiger partial charge in [-0.1, -0.05) is 58.8 Å². The first-order valence-corrected chi connectivity index (χ1v) is 6.92. The molecule has 0 saturated carbocycles. The highest BCUT2D eigenvalue weighted by molar-refractivity contribution is 5.62. The first-order valence-electron chi connectivity index (χ1n) is 6.92.